The zero-order chi connectivity index (χ0) is 14.7. The molecule has 0 bridgehead atoms. The second-order valence-corrected chi connectivity index (χ2v) is 5.40. The topological polar surface area (TPSA) is 64.3 Å². The Hall–Kier alpha value is -2.14. The average Bonchev–Trinajstić information content (AvgIpc) is 2.97. The monoisotopic (exact) mass is 284 g/mol. The van der Waals surface area contributed by atoms with Crippen molar-refractivity contribution >= 4 is 11.6 Å². The smallest absolute Gasteiger partial charge is 0.163 e. The second-order valence-electron chi connectivity index (χ2n) is 5.40. The molecule has 0 spiro atoms. The molecule has 2 N–H and O–H groups in total. The highest BCUT2D eigenvalue weighted by molar-refractivity contribution is 5.61. The number of ether oxygens (including phenoxy) is 1. The summed E-state index contributed by atoms with van der Waals surface area (Å²) < 4.78 is 5.24. The van der Waals surface area contributed by atoms with Crippen molar-refractivity contribution < 1.29 is 4.74 Å². The maximum Gasteiger partial charge on any atom is 0.163 e. The fourth-order valence-corrected chi connectivity index (χ4v) is 2.74. The first kappa shape index (κ1) is 13.8. The molecule has 1 aromatic carbocycles. The van der Waals surface area contributed by atoms with Gasteiger partial charge in [0.25, 0.3) is 0 Å². The standard InChI is InChI=1S/C16H20N4O/c1-21-11-12-7-8-20(10-12)15-9-14(17)18-16(19-15)13-5-3-2-4-6-13/h2-6,9,12H,7-8,10-11H2,1H3,(H2,17,18,19). The molecule has 2 aromatic rings. The number of anilines is 2. The number of nitrogen functional groups attached to an aromatic ring is 1. The fourth-order valence-electron chi connectivity index (χ4n) is 2.74. The van der Waals surface area contributed by atoms with Gasteiger partial charge in [0.15, 0.2) is 5.82 Å². The Morgan fingerprint density at radius 3 is 2.86 bits per heavy atom. The quantitative estimate of drug-likeness (QED) is 0.932. The molecule has 21 heavy (non-hydrogen) atoms. The van der Waals surface area contributed by atoms with E-state index in [9.17, 15) is 0 Å². The molecule has 1 atom stereocenters. The normalized spacial score (nSPS) is 18.1. The molecule has 0 radical (unpaired) electrons. The van der Waals surface area contributed by atoms with Crippen LogP contribution in [0, 0.1) is 5.92 Å². The van der Waals surface area contributed by atoms with E-state index in [0.717, 1.165) is 37.5 Å². The number of nitrogens with two attached hydrogens (primary N) is 1. The minimum absolute atomic E-state index is 0.508. The van der Waals surface area contributed by atoms with Gasteiger partial charge in [0.1, 0.15) is 11.6 Å². The van der Waals surface area contributed by atoms with Crippen molar-refractivity contribution in [3.8, 4) is 11.4 Å². The van der Waals surface area contributed by atoms with E-state index in [1.54, 1.807) is 7.11 Å². The lowest BCUT2D eigenvalue weighted by Crippen LogP contribution is -2.22. The van der Waals surface area contributed by atoms with Crippen LogP contribution in [0.25, 0.3) is 11.4 Å². The predicted molar refractivity (Wildman–Crippen MR) is 84.1 cm³/mol. The first-order valence-electron chi connectivity index (χ1n) is 7.20. The second kappa shape index (κ2) is 6.10. The van der Waals surface area contributed by atoms with Gasteiger partial charge in [-0.2, -0.15) is 0 Å². The van der Waals surface area contributed by atoms with Crippen LogP contribution in [0.3, 0.4) is 0 Å². The Morgan fingerprint density at radius 2 is 2.10 bits per heavy atom. The Kier molecular flexibility index (Phi) is 4.01. The number of aromatic nitrogens is 2. The number of nitrogens with zero attached hydrogens (tertiary/aromatic N) is 3. The van der Waals surface area contributed by atoms with E-state index in [4.69, 9.17) is 10.5 Å². The molecule has 1 saturated heterocycles. The SMILES string of the molecule is COCC1CCN(c2cc(N)nc(-c3ccccc3)n2)C1. The molecule has 0 saturated carbocycles. The number of benzene rings is 1. The van der Waals surface area contributed by atoms with Crippen LogP contribution in [0.2, 0.25) is 0 Å². The van der Waals surface area contributed by atoms with E-state index in [-0.39, 0.29) is 0 Å². The zero-order valence-corrected chi connectivity index (χ0v) is 12.2. The molecule has 2 heterocycles. The summed E-state index contributed by atoms with van der Waals surface area (Å²) in [5.74, 6) is 2.65. The van der Waals surface area contributed by atoms with Gasteiger partial charge in [0.05, 0.1) is 6.61 Å². The maximum absolute atomic E-state index is 5.96. The van der Waals surface area contributed by atoms with E-state index in [2.05, 4.69) is 14.9 Å². The highest BCUT2D eigenvalue weighted by Gasteiger charge is 2.24. The summed E-state index contributed by atoms with van der Waals surface area (Å²) in [7, 11) is 1.75. The molecule has 110 valence electrons. The first-order valence-corrected chi connectivity index (χ1v) is 7.20. The Morgan fingerprint density at radius 1 is 1.29 bits per heavy atom. The van der Waals surface area contributed by atoms with Crippen LogP contribution in [0.4, 0.5) is 11.6 Å². The molecule has 0 amide bonds. The molecule has 1 aromatic heterocycles. The Balaban J connectivity index is 1.85. The third kappa shape index (κ3) is 3.13. The van der Waals surface area contributed by atoms with Gasteiger partial charge in [-0.1, -0.05) is 30.3 Å². The molecule has 5 nitrogen and oxygen atoms in total. The lowest BCUT2D eigenvalue weighted by atomic mass is 10.1. The number of hydrogen-bond acceptors (Lipinski definition) is 5. The molecule has 1 aliphatic heterocycles. The summed E-state index contributed by atoms with van der Waals surface area (Å²) in [5.41, 5.74) is 6.94. The van der Waals surface area contributed by atoms with Crippen LogP contribution in [0.1, 0.15) is 6.42 Å². The lowest BCUT2D eigenvalue weighted by Gasteiger charge is -2.18. The van der Waals surface area contributed by atoms with E-state index >= 15 is 0 Å². The Bertz CT molecular complexity index is 602. The number of methoxy groups -OCH3 is 1. The van der Waals surface area contributed by atoms with Crippen molar-refractivity contribution in [2.75, 3.05) is 37.4 Å². The van der Waals surface area contributed by atoms with Crippen molar-refractivity contribution in [3.63, 3.8) is 0 Å². The highest BCUT2D eigenvalue weighted by atomic mass is 16.5. The lowest BCUT2D eigenvalue weighted by molar-refractivity contribution is 0.161. The molecule has 1 fully saturated rings. The summed E-state index contributed by atoms with van der Waals surface area (Å²) in [6.07, 6.45) is 1.12. The van der Waals surface area contributed by atoms with Gasteiger partial charge in [0, 0.05) is 37.7 Å². The summed E-state index contributed by atoms with van der Waals surface area (Å²) in [6, 6.07) is 11.8. The van der Waals surface area contributed by atoms with Crippen LogP contribution in [0.15, 0.2) is 36.4 Å². The zero-order valence-electron chi connectivity index (χ0n) is 12.2. The fraction of sp³-hybridized carbons (Fsp3) is 0.375. The average molecular weight is 284 g/mol. The summed E-state index contributed by atoms with van der Waals surface area (Å²) in [4.78, 5) is 11.3. The number of hydrogen-bond donors (Lipinski definition) is 1. The predicted octanol–water partition coefficient (Wildman–Crippen LogP) is 2.20. The van der Waals surface area contributed by atoms with Crippen LogP contribution in [-0.2, 0) is 4.74 Å². The molecular formula is C16H20N4O. The van der Waals surface area contributed by atoms with E-state index in [0.29, 0.717) is 17.6 Å². The first-order chi connectivity index (χ1) is 10.3. The largest absolute Gasteiger partial charge is 0.384 e. The summed E-state index contributed by atoms with van der Waals surface area (Å²) >= 11 is 0. The van der Waals surface area contributed by atoms with Gasteiger partial charge in [0.2, 0.25) is 0 Å². The Labute approximate surface area is 124 Å². The molecule has 0 aliphatic carbocycles. The van der Waals surface area contributed by atoms with Gasteiger partial charge in [-0.25, -0.2) is 9.97 Å². The van der Waals surface area contributed by atoms with Crippen LogP contribution < -0.4 is 10.6 Å². The summed E-state index contributed by atoms with van der Waals surface area (Å²) in [5, 5.41) is 0. The van der Waals surface area contributed by atoms with Gasteiger partial charge < -0.3 is 15.4 Å². The van der Waals surface area contributed by atoms with E-state index in [1.807, 2.05) is 36.4 Å². The van der Waals surface area contributed by atoms with E-state index < -0.39 is 0 Å². The highest BCUT2D eigenvalue weighted by Crippen LogP contribution is 2.26. The van der Waals surface area contributed by atoms with Gasteiger partial charge in [-0.05, 0) is 6.42 Å². The van der Waals surface area contributed by atoms with Crippen molar-refractivity contribution in [2.24, 2.45) is 5.92 Å². The third-order valence-corrected chi connectivity index (χ3v) is 3.78. The van der Waals surface area contributed by atoms with Crippen molar-refractivity contribution in [1.82, 2.24) is 9.97 Å². The van der Waals surface area contributed by atoms with Gasteiger partial charge in [-0.15, -0.1) is 0 Å². The molecule has 3 rings (SSSR count). The molecule has 5 heteroatoms. The van der Waals surface area contributed by atoms with Gasteiger partial charge >= 0.3 is 0 Å². The number of rotatable bonds is 4. The molecule has 1 unspecified atom stereocenters. The minimum atomic E-state index is 0.508. The van der Waals surface area contributed by atoms with Crippen molar-refractivity contribution in [1.29, 1.82) is 0 Å². The minimum Gasteiger partial charge on any atom is -0.384 e. The van der Waals surface area contributed by atoms with Crippen molar-refractivity contribution in [2.45, 2.75) is 6.42 Å². The molecule has 1 aliphatic rings. The summed E-state index contributed by atoms with van der Waals surface area (Å²) in [6.45, 7) is 2.74. The van der Waals surface area contributed by atoms with E-state index in [1.165, 1.54) is 0 Å². The third-order valence-electron chi connectivity index (χ3n) is 3.78. The van der Waals surface area contributed by atoms with Crippen LogP contribution >= 0.6 is 0 Å². The van der Waals surface area contributed by atoms with Crippen LogP contribution in [0.5, 0.6) is 0 Å². The molecular weight excluding hydrogens is 264 g/mol. The van der Waals surface area contributed by atoms with Crippen LogP contribution in [-0.4, -0.2) is 36.8 Å². The van der Waals surface area contributed by atoms with Gasteiger partial charge in [-0.3, -0.25) is 0 Å². The van der Waals surface area contributed by atoms with Crippen molar-refractivity contribution in [3.05, 3.63) is 36.4 Å². The maximum atomic E-state index is 5.96.